The van der Waals surface area contributed by atoms with E-state index in [1.165, 1.54) is 18.2 Å². The molecule has 0 radical (unpaired) electrons. The molecule has 0 amide bonds. The van der Waals surface area contributed by atoms with Gasteiger partial charge in [-0.05, 0) is 42.0 Å². The van der Waals surface area contributed by atoms with Gasteiger partial charge in [-0.3, -0.25) is 9.59 Å². The molecule has 0 aliphatic heterocycles. The summed E-state index contributed by atoms with van der Waals surface area (Å²) < 4.78 is 0. The van der Waals surface area contributed by atoms with Crippen LogP contribution in [0.3, 0.4) is 0 Å². The smallest absolute Gasteiger partial charge is 0.197 e. The van der Waals surface area contributed by atoms with Crippen LogP contribution in [0.15, 0.2) is 48.0 Å². The van der Waals surface area contributed by atoms with Crippen LogP contribution in [-0.4, -0.2) is 16.7 Å². The summed E-state index contributed by atoms with van der Waals surface area (Å²) in [7, 11) is 0. The third-order valence-electron chi connectivity index (χ3n) is 3.35. The number of phenols is 1. The van der Waals surface area contributed by atoms with Crippen molar-refractivity contribution >= 4 is 17.6 Å². The molecule has 3 rings (SSSR count). The summed E-state index contributed by atoms with van der Waals surface area (Å²) in [6.45, 7) is 0. The molecule has 3 nitrogen and oxygen atoms in total. The van der Waals surface area contributed by atoms with Gasteiger partial charge in [-0.2, -0.15) is 0 Å². The predicted molar refractivity (Wildman–Crippen MR) is 79.1 cm³/mol. The molecular weight excluding hydrogens is 264 g/mol. The first-order chi connectivity index (χ1) is 10.1. The Morgan fingerprint density at radius 3 is 2.48 bits per heavy atom. The summed E-state index contributed by atoms with van der Waals surface area (Å²) in [5.74, 6) is 1.87. The zero-order chi connectivity index (χ0) is 15.0. The number of hydrogen-bond donors (Lipinski definition) is 1. The van der Waals surface area contributed by atoms with Crippen molar-refractivity contribution in [2.75, 3.05) is 0 Å². The Kier molecular flexibility index (Phi) is 2.93. The zero-order valence-corrected chi connectivity index (χ0v) is 11.0. The number of Topliss-reactive ketones (excluding diaryl/α,β-unsaturated/α-hetero) is 2. The number of hydrogen-bond acceptors (Lipinski definition) is 3. The lowest BCUT2D eigenvalue weighted by Crippen LogP contribution is -2.00. The molecule has 1 N–H and O–H groups in total. The first kappa shape index (κ1) is 12.9. The highest BCUT2D eigenvalue weighted by atomic mass is 16.3. The van der Waals surface area contributed by atoms with Gasteiger partial charge < -0.3 is 5.11 Å². The number of carbonyl (C=O) groups is 2. The SMILES string of the molecule is C#Cc1ccc2c(c1)C(=O)/C(=C\c1cccc(O)c1)C2=O. The molecule has 2 aromatic rings. The Bertz CT molecular complexity index is 851. The largest absolute Gasteiger partial charge is 0.508 e. The van der Waals surface area contributed by atoms with Crippen molar-refractivity contribution in [3.05, 3.63) is 70.3 Å². The minimum absolute atomic E-state index is 0.0781. The number of ketones is 2. The van der Waals surface area contributed by atoms with Gasteiger partial charge in [-0.15, -0.1) is 6.42 Å². The van der Waals surface area contributed by atoms with Crippen LogP contribution < -0.4 is 0 Å². The maximum absolute atomic E-state index is 12.3. The van der Waals surface area contributed by atoms with Crippen LogP contribution in [0.5, 0.6) is 5.75 Å². The second-order valence-corrected chi connectivity index (χ2v) is 4.72. The molecule has 0 unspecified atom stereocenters. The van der Waals surface area contributed by atoms with E-state index >= 15 is 0 Å². The van der Waals surface area contributed by atoms with Crippen LogP contribution in [0.1, 0.15) is 31.8 Å². The summed E-state index contributed by atoms with van der Waals surface area (Å²) >= 11 is 0. The molecule has 0 saturated heterocycles. The summed E-state index contributed by atoms with van der Waals surface area (Å²) in [5.41, 5.74) is 1.95. The summed E-state index contributed by atoms with van der Waals surface area (Å²) in [4.78, 5) is 24.6. The fraction of sp³-hybridized carbons (Fsp3) is 0. The second kappa shape index (κ2) is 4.77. The zero-order valence-electron chi connectivity index (χ0n) is 11.0. The molecule has 0 atom stereocenters. The number of rotatable bonds is 1. The fourth-order valence-electron chi connectivity index (χ4n) is 2.33. The van der Waals surface area contributed by atoms with Crippen LogP contribution in [-0.2, 0) is 0 Å². The highest BCUT2D eigenvalue weighted by Gasteiger charge is 2.33. The molecule has 0 bridgehead atoms. The predicted octanol–water partition coefficient (Wildman–Crippen LogP) is 2.84. The van der Waals surface area contributed by atoms with E-state index in [1.807, 2.05) is 0 Å². The van der Waals surface area contributed by atoms with Gasteiger partial charge in [0, 0.05) is 16.7 Å². The standard InChI is InChI=1S/C18H10O3/c1-2-11-6-7-14-15(9-11)18(21)16(17(14)20)10-12-4-3-5-13(19)8-12/h1,3-10,19H/b16-10-. The van der Waals surface area contributed by atoms with E-state index in [0.717, 1.165) is 0 Å². The topological polar surface area (TPSA) is 54.4 Å². The van der Waals surface area contributed by atoms with E-state index in [2.05, 4.69) is 5.92 Å². The number of carbonyl (C=O) groups excluding carboxylic acids is 2. The van der Waals surface area contributed by atoms with E-state index < -0.39 is 0 Å². The lowest BCUT2D eigenvalue weighted by atomic mass is 10.1. The molecular formula is C18H10O3. The molecule has 0 spiro atoms. The summed E-state index contributed by atoms with van der Waals surface area (Å²) in [6.07, 6.45) is 6.80. The van der Waals surface area contributed by atoms with Crippen molar-refractivity contribution in [2.24, 2.45) is 0 Å². The van der Waals surface area contributed by atoms with Gasteiger partial charge >= 0.3 is 0 Å². The third-order valence-corrected chi connectivity index (χ3v) is 3.35. The Hall–Kier alpha value is -3.12. The second-order valence-electron chi connectivity index (χ2n) is 4.72. The van der Waals surface area contributed by atoms with E-state index in [-0.39, 0.29) is 22.9 Å². The Balaban J connectivity index is 2.10. The minimum Gasteiger partial charge on any atom is -0.508 e. The van der Waals surface area contributed by atoms with Crippen LogP contribution in [0.25, 0.3) is 6.08 Å². The van der Waals surface area contributed by atoms with Crippen molar-refractivity contribution in [3.8, 4) is 18.1 Å². The molecule has 0 aromatic heterocycles. The minimum atomic E-state index is -0.338. The van der Waals surface area contributed by atoms with Crippen molar-refractivity contribution < 1.29 is 14.7 Å². The summed E-state index contributed by atoms with van der Waals surface area (Å²) in [5, 5.41) is 9.44. The van der Waals surface area contributed by atoms with E-state index in [1.54, 1.807) is 30.3 Å². The van der Waals surface area contributed by atoms with Crippen LogP contribution in [0, 0.1) is 12.3 Å². The van der Waals surface area contributed by atoms with E-state index in [0.29, 0.717) is 22.3 Å². The molecule has 3 heteroatoms. The van der Waals surface area contributed by atoms with Crippen molar-refractivity contribution in [1.29, 1.82) is 0 Å². The number of aromatic hydroxyl groups is 1. The van der Waals surface area contributed by atoms with Gasteiger partial charge in [0.15, 0.2) is 11.6 Å². The Labute approximate surface area is 121 Å². The monoisotopic (exact) mass is 274 g/mol. The molecule has 2 aromatic carbocycles. The molecule has 21 heavy (non-hydrogen) atoms. The molecule has 1 aliphatic carbocycles. The van der Waals surface area contributed by atoms with Gasteiger partial charge in [0.1, 0.15) is 5.75 Å². The average molecular weight is 274 g/mol. The molecule has 0 fully saturated rings. The van der Waals surface area contributed by atoms with Gasteiger partial charge in [0.05, 0.1) is 5.57 Å². The van der Waals surface area contributed by atoms with Crippen LogP contribution >= 0.6 is 0 Å². The molecule has 1 aliphatic rings. The number of fused-ring (bicyclic) bond motifs is 1. The Morgan fingerprint density at radius 1 is 1.00 bits per heavy atom. The maximum atomic E-state index is 12.3. The van der Waals surface area contributed by atoms with Gasteiger partial charge in [0.2, 0.25) is 0 Å². The van der Waals surface area contributed by atoms with Crippen LogP contribution in [0.4, 0.5) is 0 Å². The molecule has 100 valence electrons. The number of benzene rings is 2. The van der Waals surface area contributed by atoms with E-state index in [9.17, 15) is 14.7 Å². The lowest BCUT2D eigenvalue weighted by Gasteiger charge is -1.97. The number of phenolic OH excluding ortho intramolecular Hbond substituents is 1. The maximum Gasteiger partial charge on any atom is 0.197 e. The Morgan fingerprint density at radius 2 is 1.76 bits per heavy atom. The summed E-state index contributed by atoms with van der Waals surface area (Å²) in [6, 6.07) is 11.1. The normalized spacial score (nSPS) is 15.1. The van der Waals surface area contributed by atoms with Crippen molar-refractivity contribution in [1.82, 2.24) is 0 Å². The molecule has 0 heterocycles. The highest BCUT2D eigenvalue weighted by molar-refractivity contribution is 6.41. The van der Waals surface area contributed by atoms with Crippen molar-refractivity contribution in [2.45, 2.75) is 0 Å². The highest BCUT2D eigenvalue weighted by Crippen LogP contribution is 2.29. The lowest BCUT2D eigenvalue weighted by molar-refractivity contribution is 0.0990. The quantitative estimate of drug-likeness (QED) is 0.494. The third kappa shape index (κ3) is 2.13. The number of allylic oxidation sites excluding steroid dienone is 1. The van der Waals surface area contributed by atoms with Crippen molar-refractivity contribution in [3.63, 3.8) is 0 Å². The first-order valence-electron chi connectivity index (χ1n) is 6.31. The number of terminal acetylenes is 1. The van der Waals surface area contributed by atoms with E-state index in [4.69, 9.17) is 6.42 Å². The molecule has 0 saturated carbocycles. The first-order valence-corrected chi connectivity index (χ1v) is 6.31. The fourth-order valence-corrected chi connectivity index (χ4v) is 2.33. The van der Waals surface area contributed by atoms with Gasteiger partial charge in [-0.25, -0.2) is 0 Å². The van der Waals surface area contributed by atoms with Gasteiger partial charge in [-0.1, -0.05) is 18.1 Å². The average Bonchev–Trinajstić information content (AvgIpc) is 2.72. The van der Waals surface area contributed by atoms with Crippen LogP contribution in [0.2, 0.25) is 0 Å². The van der Waals surface area contributed by atoms with Gasteiger partial charge in [0.25, 0.3) is 0 Å².